The lowest BCUT2D eigenvalue weighted by molar-refractivity contribution is 0.0934. The first-order chi connectivity index (χ1) is 12.1. The highest BCUT2D eigenvalue weighted by Gasteiger charge is 2.21. The smallest absolute Gasteiger partial charge is 0.272 e. The largest absolute Gasteiger partial charge is 0.343 e. The molecule has 0 saturated carbocycles. The van der Waals surface area contributed by atoms with Crippen LogP contribution in [0.3, 0.4) is 0 Å². The van der Waals surface area contributed by atoms with E-state index in [9.17, 15) is 9.00 Å². The number of hydrogen-bond donors (Lipinski definition) is 2. The number of rotatable bonds is 6. The number of carbonyl (C=O) groups excluding carboxylic acids is 1. The lowest BCUT2D eigenvalue weighted by Crippen LogP contribution is -2.33. The number of hydrogen-bond acceptors (Lipinski definition) is 4. The molecular weight excluding hydrogens is 372 g/mol. The van der Waals surface area contributed by atoms with Crippen molar-refractivity contribution in [1.29, 1.82) is 0 Å². The molecule has 0 bridgehead atoms. The Morgan fingerprint density at radius 1 is 1.38 bits per heavy atom. The van der Waals surface area contributed by atoms with Gasteiger partial charge in [-0.05, 0) is 31.0 Å². The summed E-state index contributed by atoms with van der Waals surface area (Å²) < 4.78 is 13.6. The van der Waals surface area contributed by atoms with Crippen molar-refractivity contribution in [2.45, 2.75) is 24.9 Å². The molecule has 3 atom stereocenters. The van der Waals surface area contributed by atoms with Crippen LogP contribution in [0.2, 0.25) is 0 Å². The second-order valence-electron chi connectivity index (χ2n) is 6.36. The zero-order chi connectivity index (χ0) is 17.6. The van der Waals surface area contributed by atoms with Crippen LogP contribution in [-0.4, -0.2) is 45.0 Å². The monoisotopic (exact) mass is 396 g/mol. The van der Waals surface area contributed by atoms with E-state index in [4.69, 9.17) is 0 Å². The van der Waals surface area contributed by atoms with Crippen LogP contribution < -0.4 is 10.6 Å². The van der Waals surface area contributed by atoms with Crippen molar-refractivity contribution in [1.82, 2.24) is 20.4 Å². The van der Waals surface area contributed by atoms with Gasteiger partial charge in [-0.3, -0.25) is 13.7 Å². The number of nitrogens with one attached hydrogen (secondary N) is 2. The van der Waals surface area contributed by atoms with Crippen LogP contribution in [0.15, 0.2) is 42.6 Å². The molecule has 1 aliphatic rings. The summed E-state index contributed by atoms with van der Waals surface area (Å²) in [5.74, 6) is 0.144. The van der Waals surface area contributed by atoms with Gasteiger partial charge in [-0.1, -0.05) is 30.3 Å². The molecule has 8 heteroatoms. The average molecular weight is 397 g/mol. The zero-order valence-electron chi connectivity index (χ0n) is 14.8. The highest BCUT2D eigenvalue weighted by Crippen LogP contribution is 2.17. The molecule has 2 heterocycles. The number of halogens is 1. The molecule has 6 nitrogen and oxygen atoms in total. The Hall–Kier alpha value is -1.70. The third-order valence-corrected chi connectivity index (χ3v) is 5.20. The van der Waals surface area contributed by atoms with E-state index < -0.39 is 10.8 Å². The number of benzene rings is 1. The first kappa shape index (κ1) is 20.6. The number of aromatic nitrogens is 2. The fourth-order valence-electron chi connectivity index (χ4n) is 3.10. The molecule has 0 aliphatic carbocycles. The summed E-state index contributed by atoms with van der Waals surface area (Å²) in [5, 5.41) is 10.8. The van der Waals surface area contributed by atoms with E-state index in [1.807, 2.05) is 41.2 Å². The summed E-state index contributed by atoms with van der Waals surface area (Å²) in [4.78, 5) is 12.6. The molecule has 1 saturated heterocycles. The number of nitrogens with zero attached hydrogens (tertiary/aromatic N) is 2. The third kappa shape index (κ3) is 5.40. The second-order valence-corrected chi connectivity index (χ2v) is 7.84. The van der Waals surface area contributed by atoms with Crippen molar-refractivity contribution in [2.24, 2.45) is 0 Å². The summed E-state index contributed by atoms with van der Waals surface area (Å²) >= 11 is 0. The molecule has 1 aromatic carbocycles. The van der Waals surface area contributed by atoms with Gasteiger partial charge < -0.3 is 10.6 Å². The average Bonchev–Trinajstić information content (AvgIpc) is 3.12. The lowest BCUT2D eigenvalue weighted by Gasteiger charge is -2.23. The van der Waals surface area contributed by atoms with Crippen molar-refractivity contribution in [3.63, 3.8) is 0 Å². The molecule has 142 valence electrons. The van der Waals surface area contributed by atoms with Crippen molar-refractivity contribution in [3.8, 4) is 0 Å². The summed E-state index contributed by atoms with van der Waals surface area (Å²) in [6, 6.07) is 11.4. The number of amides is 1. The molecule has 3 unspecified atom stereocenters. The van der Waals surface area contributed by atoms with Crippen LogP contribution in [0.25, 0.3) is 0 Å². The second kappa shape index (κ2) is 9.85. The van der Waals surface area contributed by atoms with E-state index in [1.54, 1.807) is 12.3 Å². The summed E-state index contributed by atoms with van der Waals surface area (Å²) in [6.45, 7) is 1.92. The molecule has 0 spiro atoms. The number of carbonyl (C=O) groups is 1. The Morgan fingerprint density at radius 2 is 2.15 bits per heavy atom. The number of piperidine rings is 1. The van der Waals surface area contributed by atoms with Crippen molar-refractivity contribution < 1.29 is 9.00 Å². The van der Waals surface area contributed by atoms with Crippen LogP contribution in [0, 0.1) is 0 Å². The lowest BCUT2D eigenvalue weighted by atomic mass is 10.1. The van der Waals surface area contributed by atoms with Crippen LogP contribution in [0.1, 0.15) is 41.0 Å². The first-order valence-corrected chi connectivity index (χ1v) is 10.3. The highest BCUT2D eigenvalue weighted by molar-refractivity contribution is 7.84. The van der Waals surface area contributed by atoms with E-state index in [-0.39, 0.29) is 24.4 Å². The molecule has 3 rings (SSSR count). The van der Waals surface area contributed by atoms with Crippen molar-refractivity contribution in [2.75, 3.05) is 25.1 Å². The molecule has 1 fully saturated rings. The van der Waals surface area contributed by atoms with Gasteiger partial charge in [-0.15, -0.1) is 12.4 Å². The summed E-state index contributed by atoms with van der Waals surface area (Å²) in [7, 11) is -1.02. The normalized spacial score (nSPS) is 19.2. The van der Waals surface area contributed by atoms with E-state index in [2.05, 4.69) is 15.7 Å². The van der Waals surface area contributed by atoms with E-state index in [1.165, 1.54) is 0 Å². The molecule has 1 amide bonds. The predicted molar refractivity (Wildman–Crippen MR) is 106 cm³/mol. The van der Waals surface area contributed by atoms with Gasteiger partial charge in [0, 0.05) is 35.5 Å². The minimum atomic E-state index is -1.02. The first-order valence-electron chi connectivity index (χ1n) is 8.55. The quantitative estimate of drug-likeness (QED) is 0.783. The van der Waals surface area contributed by atoms with Crippen LogP contribution in [-0.2, 0) is 10.8 Å². The van der Waals surface area contributed by atoms with E-state index >= 15 is 0 Å². The van der Waals surface area contributed by atoms with Crippen molar-refractivity contribution >= 4 is 29.1 Å². The SMILES string of the molecule is CS(=O)CC(NC(=O)c1ccn(C2CCCNC2)n1)c1ccccc1.Cl. The molecule has 1 aliphatic heterocycles. The van der Waals surface area contributed by atoms with E-state index in [0.29, 0.717) is 17.5 Å². The molecule has 1 aromatic heterocycles. The molecule has 0 radical (unpaired) electrons. The Bertz CT molecular complexity index is 732. The fraction of sp³-hybridized carbons (Fsp3) is 0.444. The molecule has 26 heavy (non-hydrogen) atoms. The standard InChI is InChI=1S/C18H24N4O2S.ClH/c1-25(24)13-17(14-6-3-2-4-7-14)20-18(23)16-9-11-22(21-16)15-8-5-10-19-12-15;/h2-4,6-7,9,11,15,17,19H,5,8,10,12-13H2,1H3,(H,20,23);1H. The maximum Gasteiger partial charge on any atom is 0.272 e. The summed E-state index contributed by atoms with van der Waals surface area (Å²) in [6.07, 6.45) is 5.69. The van der Waals surface area contributed by atoms with Gasteiger partial charge in [0.05, 0.1) is 12.1 Å². The molecule has 2 aromatic rings. The maximum absolute atomic E-state index is 12.6. The maximum atomic E-state index is 12.6. The van der Waals surface area contributed by atoms with Gasteiger partial charge in [0.25, 0.3) is 5.91 Å². The van der Waals surface area contributed by atoms with Crippen LogP contribution in [0.4, 0.5) is 0 Å². The van der Waals surface area contributed by atoms with Crippen molar-refractivity contribution in [3.05, 3.63) is 53.9 Å². The summed E-state index contributed by atoms with van der Waals surface area (Å²) in [5.41, 5.74) is 1.34. The Balaban J connectivity index is 0.00000243. The van der Waals surface area contributed by atoms with E-state index in [0.717, 1.165) is 31.5 Å². The topological polar surface area (TPSA) is 76.0 Å². The van der Waals surface area contributed by atoms with Gasteiger partial charge in [-0.25, -0.2) is 0 Å². The highest BCUT2D eigenvalue weighted by atomic mass is 35.5. The predicted octanol–water partition coefficient (Wildman–Crippen LogP) is 2.08. The van der Waals surface area contributed by atoms with Gasteiger partial charge in [0.1, 0.15) is 5.69 Å². The zero-order valence-corrected chi connectivity index (χ0v) is 16.4. The Labute approximate surface area is 162 Å². The minimum absolute atomic E-state index is 0. The minimum Gasteiger partial charge on any atom is -0.343 e. The van der Waals surface area contributed by atoms with Gasteiger partial charge in [0.15, 0.2) is 0 Å². The van der Waals surface area contributed by atoms with Crippen LogP contribution >= 0.6 is 12.4 Å². The third-order valence-electron chi connectivity index (χ3n) is 4.39. The Kier molecular flexibility index (Phi) is 7.81. The van der Waals surface area contributed by atoms with Gasteiger partial charge in [-0.2, -0.15) is 5.10 Å². The fourth-order valence-corrected chi connectivity index (χ4v) is 3.84. The van der Waals surface area contributed by atoms with Gasteiger partial charge in [0.2, 0.25) is 0 Å². The molecule has 2 N–H and O–H groups in total. The van der Waals surface area contributed by atoms with Gasteiger partial charge >= 0.3 is 0 Å². The Morgan fingerprint density at radius 3 is 2.81 bits per heavy atom. The molecular formula is C18H25ClN4O2S. The van der Waals surface area contributed by atoms with Crippen LogP contribution in [0.5, 0.6) is 0 Å².